The Kier molecular flexibility index (Phi) is 4.46. The Balaban J connectivity index is 1.98. The Morgan fingerprint density at radius 1 is 1.16 bits per heavy atom. The lowest BCUT2D eigenvalue weighted by atomic mass is 10.2. The quantitative estimate of drug-likeness (QED) is 0.878. The first-order valence-electron chi connectivity index (χ1n) is 7.59. The Labute approximate surface area is 146 Å². The Morgan fingerprint density at radius 2 is 1.88 bits per heavy atom. The lowest BCUT2D eigenvalue weighted by Crippen LogP contribution is -2.25. The van der Waals surface area contributed by atoms with Gasteiger partial charge in [-0.3, -0.25) is 9.03 Å². The molecule has 1 N–H and O–H groups in total. The third-order valence-electron chi connectivity index (χ3n) is 3.98. The second-order valence-electron chi connectivity index (χ2n) is 5.78. The molecule has 134 valence electrons. The Hall–Kier alpha value is -2.13. The highest BCUT2D eigenvalue weighted by Crippen LogP contribution is 2.30. The fraction of sp³-hybridized carbons (Fsp3) is 0.250. The molecule has 1 saturated heterocycles. The molecule has 1 fully saturated rings. The molecule has 1 heterocycles. The molecule has 0 spiro atoms. The van der Waals surface area contributed by atoms with E-state index < -0.39 is 30.8 Å². The van der Waals surface area contributed by atoms with Crippen molar-refractivity contribution in [3.05, 3.63) is 53.8 Å². The molecule has 0 saturated carbocycles. The number of sulfonamides is 2. The average Bonchev–Trinajstić information content (AvgIpc) is 2.89. The molecule has 0 atom stereocenters. The van der Waals surface area contributed by atoms with Crippen molar-refractivity contribution in [2.24, 2.45) is 0 Å². The summed E-state index contributed by atoms with van der Waals surface area (Å²) >= 11 is 0. The zero-order valence-electron chi connectivity index (χ0n) is 13.4. The number of rotatable bonds is 4. The molecule has 25 heavy (non-hydrogen) atoms. The summed E-state index contributed by atoms with van der Waals surface area (Å²) in [5.74, 6) is -0.789. The molecule has 0 bridgehead atoms. The van der Waals surface area contributed by atoms with Crippen molar-refractivity contribution in [2.75, 3.05) is 21.3 Å². The smallest absolute Gasteiger partial charge is 0.264 e. The monoisotopic (exact) mass is 384 g/mol. The molecule has 0 aliphatic carbocycles. The van der Waals surface area contributed by atoms with E-state index >= 15 is 0 Å². The van der Waals surface area contributed by atoms with Gasteiger partial charge in [0.15, 0.2) is 0 Å². The highest BCUT2D eigenvalue weighted by atomic mass is 32.2. The van der Waals surface area contributed by atoms with Gasteiger partial charge >= 0.3 is 0 Å². The maximum Gasteiger partial charge on any atom is 0.264 e. The third kappa shape index (κ3) is 3.47. The summed E-state index contributed by atoms with van der Waals surface area (Å²) in [5.41, 5.74) is 1.19. The van der Waals surface area contributed by atoms with Crippen molar-refractivity contribution in [2.45, 2.75) is 18.2 Å². The van der Waals surface area contributed by atoms with Gasteiger partial charge in [-0.15, -0.1) is 0 Å². The molecule has 1 aliphatic rings. The van der Waals surface area contributed by atoms with Crippen LogP contribution in [0.1, 0.15) is 12.0 Å². The van der Waals surface area contributed by atoms with Crippen molar-refractivity contribution < 1.29 is 21.2 Å². The van der Waals surface area contributed by atoms with Gasteiger partial charge in [-0.2, -0.15) is 0 Å². The van der Waals surface area contributed by atoms with Crippen LogP contribution in [0.3, 0.4) is 0 Å². The maximum absolute atomic E-state index is 13.8. The summed E-state index contributed by atoms with van der Waals surface area (Å²) in [5, 5.41) is 0. The van der Waals surface area contributed by atoms with E-state index in [-0.39, 0.29) is 11.4 Å². The predicted molar refractivity (Wildman–Crippen MR) is 94.1 cm³/mol. The molecule has 0 aromatic heterocycles. The SMILES string of the molecule is Cc1ccc(N2CCCS2(=O)=O)cc1NS(=O)(=O)c1ccccc1F. The van der Waals surface area contributed by atoms with Crippen LogP contribution in [0.4, 0.5) is 15.8 Å². The first-order valence-corrected chi connectivity index (χ1v) is 10.7. The standard InChI is InChI=1S/C16H17FN2O4S2/c1-12-7-8-13(19-9-4-10-24(19,20)21)11-15(12)18-25(22,23)16-6-3-2-5-14(16)17/h2-3,5-8,11,18H,4,9-10H2,1H3. The highest BCUT2D eigenvalue weighted by molar-refractivity contribution is 7.93. The largest absolute Gasteiger partial charge is 0.279 e. The van der Waals surface area contributed by atoms with Crippen LogP contribution >= 0.6 is 0 Å². The van der Waals surface area contributed by atoms with Crippen molar-refractivity contribution in [3.63, 3.8) is 0 Å². The van der Waals surface area contributed by atoms with E-state index in [0.29, 0.717) is 24.2 Å². The van der Waals surface area contributed by atoms with Crippen LogP contribution in [0.2, 0.25) is 0 Å². The molecule has 1 aliphatic heterocycles. The summed E-state index contributed by atoms with van der Waals surface area (Å²) in [6.07, 6.45) is 0.520. The van der Waals surface area contributed by atoms with E-state index in [1.807, 2.05) is 0 Å². The van der Waals surface area contributed by atoms with Gasteiger partial charge in [0.2, 0.25) is 10.0 Å². The van der Waals surface area contributed by atoms with Gasteiger partial charge in [-0.25, -0.2) is 21.2 Å². The van der Waals surface area contributed by atoms with E-state index in [9.17, 15) is 21.2 Å². The minimum absolute atomic E-state index is 0.0666. The van der Waals surface area contributed by atoms with Gasteiger partial charge in [0.25, 0.3) is 10.0 Å². The van der Waals surface area contributed by atoms with E-state index in [4.69, 9.17) is 0 Å². The van der Waals surface area contributed by atoms with Gasteiger partial charge < -0.3 is 0 Å². The number of hydrogen-bond acceptors (Lipinski definition) is 4. The number of benzene rings is 2. The van der Waals surface area contributed by atoms with Crippen molar-refractivity contribution in [1.29, 1.82) is 0 Å². The molecular weight excluding hydrogens is 367 g/mol. The number of anilines is 2. The fourth-order valence-electron chi connectivity index (χ4n) is 2.67. The lowest BCUT2D eigenvalue weighted by Gasteiger charge is -2.19. The number of nitrogens with zero attached hydrogens (tertiary/aromatic N) is 1. The third-order valence-corrected chi connectivity index (χ3v) is 7.25. The summed E-state index contributed by atoms with van der Waals surface area (Å²) in [6.45, 7) is 2.03. The summed E-state index contributed by atoms with van der Waals surface area (Å²) in [6, 6.07) is 9.77. The average molecular weight is 384 g/mol. The van der Waals surface area contributed by atoms with Gasteiger partial charge in [-0.05, 0) is 43.2 Å². The zero-order chi connectivity index (χ0) is 18.2. The molecule has 0 unspecified atom stereocenters. The van der Waals surface area contributed by atoms with Gasteiger partial charge in [-0.1, -0.05) is 18.2 Å². The maximum atomic E-state index is 13.8. The predicted octanol–water partition coefficient (Wildman–Crippen LogP) is 2.47. The summed E-state index contributed by atoms with van der Waals surface area (Å²) in [7, 11) is -7.50. The van der Waals surface area contributed by atoms with Crippen LogP contribution in [-0.4, -0.2) is 29.1 Å². The molecule has 0 radical (unpaired) electrons. The zero-order valence-corrected chi connectivity index (χ0v) is 15.1. The highest BCUT2D eigenvalue weighted by Gasteiger charge is 2.29. The topological polar surface area (TPSA) is 83.6 Å². The molecule has 2 aromatic carbocycles. The lowest BCUT2D eigenvalue weighted by molar-refractivity contribution is 0.570. The number of aryl methyl sites for hydroxylation is 1. The van der Waals surface area contributed by atoms with Gasteiger partial charge in [0.1, 0.15) is 10.7 Å². The second kappa shape index (κ2) is 6.30. The van der Waals surface area contributed by atoms with Crippen LogP contribution in [0.15, 0.2) is 47.4 Å². The summed E-state index contributed by atoms with van der Waals surface area (Å²) < 4.78 is 66.4. The van der Waals surface area contributed by atoms with Crippen molar-refractivity contribution >= 4 is 31.4 Å². The number of halogens is 1. The van der Waals surface area contributed by atoms with Crippen LogP contribution in [0.25, 0.3) is 0 Å². The minimum Gasteiger partial charge on any atom is -0.279 e. The van der Waals surface area contributed by atoms with Crippen LogP contribution in [0.5, 0.6) is 0 Å². The van der Waals surface area contributed by atoms with E-state index in [1.54, 1.807) is 19.1 Å². The van der Waals surface area contributed by atoms with E-state index in [0.717, 1.165) is 6.07 Å². The molecule has 0 amide bonds. The molecule has 2 aromatic rings. The van der Waals surface area contributed by atoms with E-state index in [2.05, 4.69) is 4.72 Å². The number of hydrogen-bond donors (Lipinski definition) is 1. The van der Waals surface area contributed by atoms with Gasteiger partial charge in [0, 0.05) is 6.54 Å². The molecule has 3 rings (SSSR count). The molecule has 6 nitrogen and oxygen atoms in total. The normalized spacial score (nSPS) is 16.8. The van der Waals surface area contributed by atoms with Crippen molar-refractivity contribution in [1.82, 2.24) is 0 Å². The van der Waals surface area contributed by atoms with Gasteiger partial charge in [0.05, 0.1) is 17.1 Å². The van der Waals surface area contributed by atoms with E-state index in [1.165, 1.54) is 28.6 Å². The summed E-state index contributed by atoms with van der Waals surface area (Å²) in [4.78, 5) is -0.464. The number of nitrogens with one attached hydrogen (secondary N) is 1. The second-order valence-corrected chi connectivity index (χ2v) is 9.44. The Morgan fingerprint density at radius 3 is 2.52 bits per heavy atom. The first kappa shape index (κ1) is 17.7. The first-order chi connectivity index (χ1) is 11.7. The van der Waals surface area contributed by atoms with Crippen molar-refractivity contribution in [3.8, 4) is 0 Å². The molecule has 9 heteroatoms. The minimum atomic E-state index is -4.13. The fourth-order valence-corrected chi connectivity index (χ4v) is 5.43. The van der Waals surface area contributed by atoms with Crippen LogP contribution in [-0.2, 0) is 20.0 Å². The molecular formula is C16H17FN2O4S2. The Bertz CT molecular complexity index is 1020. The van der Waals surface area contributed by atoms with Crippen LogP contribution < -0.4 is 9.03 Å². The van der Waals surface area contributed by atoms with Crippen LogP contribution in [0, 0.1) is 12.7 Å².